The van der Waals surface area contributed by atoms with E-state index >= 15 is 0 Å². The second-order valence-corrected chi connectivity index (χ2v) is 5.74. The Kier molecular flexibility index (Phi) is 3.61. The Morgan fingerprint density at radius 2 is 2.12 bits per heavy atom. The number of nitro groups is 1. The number of hydrogen-bond acceptors (Lipinski definition) is 5. The molecule has 1 aromatic rings. The molecular weight excluding hydrogens is 232 g/mol. The van der Waals surface area contributed by atoms with E-state index in [0.717, 1.165) is 6.26 Å². The highest BCUT2D eigenvalue weighted by Gasteiger charge is 2.15. The molecule has 1 aromatic carbocycles. The van der Waals surface area contributed by atoms with E-state index in [1.54, 1.807) is 6.07 Å². The van der Waals surface area contributed by atoms with Gasteiger partial charge in [-0.15, -0.1) is 0 Å². The van der Waals surface area contributed by atoms with Crippen LogP contribution >= 0.6 is 0 Å². The van der Waals surface area contributed by atoms with Crippen LogP contribution in [0.4, 0.5) is 5.69 Å². The van der Waals surface area contributed by atoms with E-state index in [0.29, 0.717) is 5.56 Å². The van der Waals surface area contributed by atoms with Crippen molar-refractivity contribution in [3.05, 3.63) is 39.9 Å². The van der Waals surface area contributed by atoms with Crippen molar-refractivity contribution in [2.24, 2.45) is 5.73 Å². The topological polar surface area (TPSA) is 103 Å². The smallest absolute Gasteiger partial charge is 0.269 e. The average Bonchev–Trinajstić information content (AvgIpc) is 2.15. The van der Waals surface area contributed by atoms with Gasteiger partial charge in [0, 0.05) is 24.4 Å². The molecule has 2 N–H and O–H groups in total. The third-order valence-electron chi connectivity index (χ3n) is 1.99. The number of nitrogens with zero attached hydrogens (tertiary/aromatic N) is 1. The molecule has 88 valence electrons. The second-order valence-electron chi connectivity index (χ2n) is 3.55. The van der Waals surface area contributed by atoms with Gasteiger partial charge in [-0.25, -0.2) is 8.42 Å². The molecule has 0 radical (unpaired) electrons. The van der Waals surface area contributed by atoms with Crippen LogP contribution in [-0.2, 0) is 9.84 Å². The highest BCUT2D eigenvalue weighted by Crippen LogP contribution is 2.18. The van der Waals surface area contributed by atoms with Gasteiger partial charge in [0.1, 0.15) is 9.84 Å². The third kappa shape index (κ3) is 3.59. The van der Waals surface area contributed by atoms with Gasteiger partial charge in [0.25, 0.3) is 5.69 Å². The summed E-state index contributed by atoms with van der Waals surface area (Å²) in [6.45, 7) is 0. The minimum atomic E-state index is -3.20. The summed E-state index contributed by atoms with van der Waals surface area (Å²) in [5, 5.41) is 10.5. The molecule has 0 aliphatic heterocycles. The predicted molar refractivity (Wildman–Crippen MR) is 59.7 cm³/mol. The second kappa shape index (κ2) is 4.58. The molecule has 0 fully saturated rings. The van der Waals surface area contributed by atoms with Gasteiger partial charge in [-0.3, -0.25) is 10.1 Å². The van der Waals surface area contributed by atoms with Crippen molar-refractivity contribution in [1.82, 2.24) is 0 Å². The van der Waals surface area contributed by atoms with Crippen LogP contribution in [0.2, 0.25) is 0 Å². The SMILES string of the molecule is CS(=O)(=O)CC(N)c1cccc([N+](=O)[O-])c1. The zero-order chi connectivity index (χ0) is 12.3. The minimum Gasteiger partial charge on any atom is -0.323 e. The molecule has 1 unspecified atom stereocenters. The summed E-state index contributed by atoms with van der Waals surface area (Å²) in [7, 11) is -3.20. The van der Waals surface area contributed by atoms with Gasteiger partial charge in [-0.1, -0.05) is 12.1 Å². The van der Waals surface area contributed by atoms with E-state index in [-0.39, 0.29) is 11.4 Å². The van der Waals surface area contributed by atoms with E-state index in [1.807, 2.05) is 0 Å². The number of sulfone groups is 1. The molecular formula is C9H12N2O4S. The standard InChI is InChI=1S/C9H12N2O4S/c1-16(14,15)6-9(10)7-3-2-4-8(5-7)11(12)13/h2-5,9H,6,10H2,1H3. The first-order chi connectivity index (χ1) is 7.29. The normalized spacial score (nSPS) is 13.4. The van der Waals surface area contributed by atoms with Gasteiger partial charge in [0.05, 0.1) is 10.7 Å². The fourth-order valence-corrected chi connectivity index (χ4v) is 2.14. The summed E-state index contributed by atoms with van der Waals surface area (Å²) in [5.74, 6) is -0.228. The molecule has 1 atom stereocenters. The first kappa shape index (κ1) is 12.6. The maximum absolute atomic E-state index is 11.0. The van der Waals surface area contributed by atoms with E-state index in [2.05, 4.69) is 0 Å². The number of hydrogen-bond donors (Lipinski definition) is 1. The summed E-state index contributed by atoms with van der Waals surface area (Å²) < 4.78 is 22.0. The van der Waals surface area contributed by atoms with Gasteiger partial charge in [-0.2, -0.15) is 0 Å². The molecule has 0 spiro atoms. The molecule has 0 heterocycles. The molecule has 0 aliphatic rings. The van der Waals surface area contributed by atoms with Crippen LogP contribution in [0, 0.1) is 10.1 Å². The van der Waals surface area contributed by atoms with Gasteiger partial charge < -0.3 is 5.73 Å². The first-order valence-corrected chi connectivity index (χ1v) is 6.53. The summed E-state index contributed by atoms with van der Waals surface area (Å²) in [5.41, 5.74) is 6.00. The van der Waals surface area contributed by atoms with Crippen LogP contribution in [-0.4, -0.2) is 25.3 Å². The van der Waals surface area contributed by atoms with E-state index in [1.165, 1.54) is 18.2 Å². The minimum absolute atomic E-state index is 0.0959. The maximum Gasteiger partial charge on any atom is 0.269 e. The fourth-order valence-electron chi connectivity index (χ4n) is 1.29. The van der Waals surface area contributed by atoms with Crippen molar-refractivity contribution in [3.8, 4) is 0 Å². The van der Waals surface area contributed by atoms with Gasteiger partial charge in [-0.05, 0) is 5.56 Å². The van der Waals surface area contributed by atoms with Crippen molar-refractivity contribution >= 4 is 15.5 Å². The predicted octanol–water partition coefficient (Wildman–Crippen LogP) is 0.639. The van der Waals surface area contributed by atoms with E-state index in [4.69, 9.17) is 5.73 Å². The molecule has 0 saturated heterocycles. The molecule has 0 saturated carbocycles. The number of nitro benzene ring substituents is 1. The maximum atomic E-state index is 11.0. The molecule has 1 rings (SSSR count). The molecule has 0 aromatic heterocycles. The Morgan fingerprint density at radius 3 is 2.62 bits per heavy atom. The van der Waals surface area contributed by atoms with E-state index < -0.39 is 20.8 Å². The zero-order valence-electron chi connectivity index (χ0n) is 8.66. The average molecular weight is 244 g/mol. The first-order valence-electron chi connectivity index (χ1n) is 4.47. The number of nitrogens with two attached hydrogens (primary N) is 1. The molecule has 7 heteroatoms. The largest absolute Gasteiger partial charge is 0.323 e. The Balaban J connectivity index is 2.96. The van der Waals surface area contributed by atoms with E-state index in [9.17, 15) is 18.5 Å². The van der Waals surface area contributed by atoms with Crippen molar-refractivity contribution in [3.63, 3.8) is 0 Å². The van der Waals surface area contributed by atoms with Crippen molar-refractivity contribution < 1.29 is 13.3 Å². The number of benzene rings is 1. The Labute approximate surface area is 93.1 Å². The molecule has 0 amide bonds. The Hall–Kier alpha value is -1.47. The number of rotatable bonds is 4. The van der Waals surface area contributed by atoms with Gasteiger partial charge >= 0.3 is 0 Å². The van der Waals surface area contributed by atoms with Crippen LogP contribution in [0.25, 0.3) is 0 Å². The summed E-state index contributed by atoms with van der Waals surface area (Å²) >= 11 is 0. The van der Waals surface area contributed by atoms with Crippen LogP contribution < -0.4 is 5.73 Å². The lowest BCUT2D eigenvalue weighted by molar-refractivity contribution is -0.384. The number of non-ortho nitro benzene ring substituents is 1. The lowest BCUT2D eigenvalue weighted by Gasteiger charge is -2.09. The summed E-state index contributed by atoms with van der Waals surface area (Å²) in [6, 6.07) is 4.93. The molecule has 0 aliphatic carbocycles. The van der Waals surface area contributed by atoms with Gasteiger partial charge in [0.15, 0.2) is 0 Å². The van der Waals surface area contributed by atoms with Crippen molar-refractivity contribution in [2.75, 3.05) is 12.0 Å². The monoisotopic (exact) mass is 244 g/mol. The van der Waals surface area contributed by atoms with Crippen molar-refractivity contribution in [2.45, 2.75) is 6.04 Å². The highest BCUT2D eigenvalue weighted by molar-refractivity contribution is 7.90. The lowest BCUT2D eigenvalue weighted by Crippen LogP contribution is -2.20. The lowest BCUT2D eigenvalue weighted by atomic mass is 10.1. The van der Waals surface area contributed by atoms with Crippen LogP contribution in [0.1, 0.15) is 11.6 Å². The summed E-state index contributed by atoms with van der Waals surface area (Å²) in [4.78, 5) is 9.96. The zero-order valence-corrected chi connectivity index (χ0v) is 9.48. The molecule has 0 bridgehead atoms. The van der Waals surface area contributed by atoms with Crippen LogP contribution in [0.15, 0.2) is 24.3 Å². The quantitative estimate of drug-likeness (QED) is 0.618. The molecule has 6 nitrogen and oxygen atoms in total. The highest BCUT2D eigenvalue weighted by atomic mass is 32.2. The van der Waals surface area contributed by atoms with Crippen molar-refractivity contribution in [1.29, 1.82) is 0 Å². The summed E-state index contributed by atoms with van der Waals surface area (Å²) in [6.07, 6.45) is 1.07. The fraction of sp³-hybridized carbons (Fsp3) is 0.333. The van der Waals surface area contributed by atoms with Crippen LogP contribution in [0.3, 0.4) is 0 Å². The Morgan fingerprint density at radius 1 is 1.50 bits per heavy atom. The van der Waals surface area contributed by atoms with Crippen LogP contribution in [0.5, 0.6) is 0 Å². The Bertz CT molecular complexity index is 498. The third-order valence-corrected chi connectivity index (χ3v) is 2.96. The molecule has 16 heavy (non-hydrogen) atoms. The van der Waals surface area contributed by atoms with Gasteiger partial charge in [0.2, 0.25) is 0 Å².